The third-order valence-corrected chi connectivity index (χ3v) is 7.17. The molecular weight excluding hydrogens is 414 g/mol. The highest BCUT2D eigenvalue weighted by molar-refractivity contribution is 7.07. The van der Waals surface area contributed by atoms with Crippen molar-refractivity contribution in [2.75, 3.05) is 32.8 Å². The molecule has 2 aliphatic heterocycles. The summed E-state index contributed by atoms with van der Waals surface area (Å²) in [4.78, 5) is 43.0. The topological polar surface area (TPSA) is 71.9 Å². The average Bonchev–Trinajstić information content (AvgIpc) is 3.51. The monoisotopic (exact) mass is 441 g/mol. The van der Waals surface area contributed by atoms with Crippen LogP contribution in [0.3, 0.4) is 0 Å². The van der Waals surface area contributed by atoms with Crippen LogP contribution < -0.4 is 5.56 Å². The number of nitrogens with zero attached hydrogens (tertiary/aromatic N) is 3. The van der Waals surface area contributed by atoms with Gasteiger partial charge in [-0.1, -0.05) is 0 Å². The predicted molar refractivity (Wildman–Crippen MR) is 117 cm³/mol. The maximum atomic E-state index is 13.3. The quantitative estimate of drug-likeness (QED) is 0.714. The zero-order valence-corrected chi connectivity index (χ0v) is 18.4. The number of aryl methyl sites for hydroxylation is 1. The summed E-state index contributed by atoms with van der Waals surface area (Å²) in [5.74, 6) is -0.0566. The molecule has 164 valence electrons. The Morgan fingerprint density at radius 2 is 1.94 bits per heavy atom. The highest BCUT2D eigenvalue weighted by atomic mass is 32.1. The van der Waals surface area contributed by atoms with Gasteiger partial charge in [0.1, 0.15) is 5.56 Å². The van der Waals surface area contributed by atoms with Crippen LogP contribution in [0, 0.1) is 0 Å². The molecule has 4 heterocycles. The van der Waals surface area contributed by atoms with Gasteiger partial charge in [0.25, 0.3) is 11.5 Å². The zero-order chi connectivity index (χ0) is 21.4. The highest BCUT2D eigenvalue weighted by Gasteiger charge is 2.34. The number of thiophene rings is 1. The molecule has 2 amide bonds. The molecule has 31 heavy (non-hydrogen) atoms. The SMILES string of the molecule is O=C(CCc1ccsc1)N1CCc2c(cn(C3CC3)c(=O)c2C(=O)N2CCOCC2)C1. The number of ether oxygens (including phenoxy) is 1. The molecule has 5 rings (SSSR count). The van der Waals surface area contributed by atoms with Crippen molar-refractivity contribution in [3.05, 3.63) is 55.6 Å². The van der Waals surface area contributed by atoms with Crippen LogP contribution in [0.15, 0.2) is 27.8 Å². The summed E-state index contributed by atoms with van der Waals surface area (Å²) >= 11 is 1.64. The fourth-order valence-electron chi connectivity index (χ4n) is 4.50. The Morgan fingerprint density at radius 1 is 1.13 bits per heavy atom. The van der Waals surface area contributed by atoms with Crippen LogP contribution in [-0.2, 0) is 28.9 Å². The number of fused-ring (bicyclic) bond motifs is 1. The van der Waals surface area contributed by atoms with E-state index < -0.39 is 0 Å². The van der Waals surface area contributed by atoms with E-state index in [-0.39, 0.29) is 23.4 Å². The van der Waals surface area contributed by atoms with E-state index in [1.165, 1.54) is 5.56 Å². The molecule has 2 aromatic heterocycles. The van der Waals surface area contributed by atoms with E-state index in [0.29, 0.717) is 57.8 Å². The minimum absolute atomic E-state index is 0.127. The molecule has 0 aromatic carbocycles. The first-order chi connectivity index (χ1) is 15.1. The molecule has 0 radical (unpaired) electrons. The Kier molecular flexibility index (Phi) is 5.67. The average molecular weight is 442 g/mol. The Bertz CT molecular complexity index is 1040. The van der Waals surface area contributed by atoms with E-state index in [4.69, 9.17) is 4.74 Å². The van der Waals surface area contributed by atoms with Crippen molar-refractivity contribution in [3.8, 4) is 0 Å². The largest absolute Gasteiger partial charge is 0.378 e. The van der Waals surface area contributed by atoms with E-state index in [9.17, 15) is 14.4 Å². The predicted octanol–water partition coefficient (Wildman–Crippen LogP) is 2.23. The van der Waals surface area contributed by atoms with Crippen LogP contribution in [0.5, 0.6) is 0 Å². The summed E-state index contributed by atoms with van der Waals surface area (Å²) in [6.07, 6.45) is 5.61. The number of hydrogen-bond donors (Lipinski definition) is 0. The Labute approximate surface area is 185 Å². The standard InChI is InChI=1S/C23H27N3O4S/c27-20(4-1-16-6-12-31-15-16)25-7-5-19-17(13-25)14-26(18-2-3-18)23(29)21(19)22(28)24-8-10-30-11-9-24/h6,12,14-15,18H,1-5,7-11,13H2. The molecule has 3 aliphatic rings. The number of morpholine rings is 1. The lowest BCUT2D eigenvalue weighted by Crippen LogP contribution is -2.45. The molecule has 1 saturated heterocycles. The summed E-state index contributed by atoms with van der Waals surface area (Å²) < 4.78 is 7.11. The van der Waals surface area contributed by atoms with Gasteiger partial charge in [0.15, 0.2) is 0 Å². The molecular formula is C23H27N3O4S. The Hall–Kier alpha value is -2.45. The molecule has 2 aromatic rings. The van der Waals surface area contributed by atoms with Crippen molar-refractivity contribution < 1.29 is 14.3 Å². The van der Waals surface area contributed by atoms with Gasteiger partial charge >= 0.3 is 0 Å². The number of rotatable bonds is 5. The number of carbonyl (C=O) groups excluding carboxylic acids is 2. The van der Waals surface area contributed by atoms with Gasteiger partial charge < -0.3 is 19.1 Å². The maximum absolute atomic E-state index is 13.3. The molecule has 8 heteroatoms. The van der Waals surface area contributed by atoms with Crippen molar-refractivity contribution >= 4 is 23.2 Å². The van der Waals surface area contributed by atoms with Gasteiger partial charge in [-0.15, -0.1) is 0 Å². The number of aromatic nitrogens is 1. The van der Waals surface area contributed by atoms with Gasteiger partial charge in [-0.05, 0) is 59.2 Å². The van der Waals surface area contributed by atoms with Gasteiger partial charge in [-0.2, -0.15) is 11.3 Å². The first-order valence-corrected chi connectivity index (χ1v) is 12.0. The van der Waals surface area contributed by atoms with Crippen LogP contribution in [0.25, 0.3) is 0 Å². The van der Waals surface area contributed by atoms with Crippen molar-refractivity contribution in [2.24, 2.45) is 0 Å². The smallest absolute Gasteiger partial charge is 0.263 e. The number of amides is 2. The number of pyridine rings is 1. The van der Waals surface area contributed by atoms with Crippen molar-refractivity contribution in [1.29, 1.82) is 0 Å². The summed E-state index contributed by atoms with van der Waals surface area (Å²) in [5.41, 5.74) is 3.11. The lowest BCUT2D eigenvalue weighted by Gasteiger charge is -2.32. The number of carbonyl (C=O) groups is 2. The van der Waals surface area contributed by atoms with E-state index in [0.717, 1.165) is 30.4 Å². The third kappa shape index (κ3) is 4.19. The van der Waals surface area contributed by atoms with Crippen LogP contribution in [0.1, 0.15) is 52.4 Å². The van der Waals surface area contributed by atoms with Crippen molar-refractivity contribution in [1.82, 2.24) is 14.4 Å². The lowest BCUT2D eigenvalue weighted by molar-refractivity contribution is -0.132. The second kappa shape index (κ2) is 8.59. The van der Waals surface area contributed by atoms with Gasteiger partial charge in [-0.25, -0.2) is 0 Å². The normalized spacial score (nSPS) is 18.7. The van der Waals surface area contributed by atoms with Crippen molar-refractivity contribution in [2.45, 2.75) is 44.7 Å². The minimum atomic E-state index is -0.184. The fourth-order valence-corrected chi connectivity index (χ4v) is 5.21. The molecule has 1 aliphatic carbocycles. The second-order valence-electron chi connectivity index (χ2n) is 8.55. The van der Waals surface area contributed by atoms with E-state index >= 15 is 0 Å². The third-order valence-electron chi connectivity index (χ3n) is 6.44. The molecule has 0 N–H and O–H groups in total. The fraction of sp³-hybridized carbons (Fsp3) is 0.522. The zero-order valence-electron chi connectivity index (χ0n) is 17.5. The lowest BCUT2D eigenvalue weighted by atomic mass is 9.95. The van der Waals surface area contributed by atoms with Gasteiger partial charge in [0, 0.05) is 44.8 Å². The molecule has 0 atom stereocenters. The van der Waals surface area contributed by atoms with E-state index in [1.807, 2.05) is 16.5 Å². The van der Waals surface area contributed by atoms with Gasteiger partial charge in [0.05, 0.1) is 13.2 Å². The second-order valence-corrected chi connectivity index (χ2v) is 9.33. The number of hydrogen-bond acceptors (Lipinski definition) is 5. The van der Waals surface area contributed by atoms with Crippen LogP contribution in [-0.4, -0.2) is 59.0 Å². The molecule has 0 spiro atoms. The summed E-state index contributed by atoms with van der Waals surface area (Å²) in [6.45, 7) is 3.05. The van der Waals surface area contributed by atoms with Crippen molar-refractivity contribution in [3.63, 3.8) is 0 Å². The molecule has 0 unspecified atom stereocenters. The van der Waals surface area contributed by atoms with Crippen LogP contribution in [0.2, 0.25) is 0 Å². The molecule has 1 saturated carbocycles. The van der Waals surface area contributed by atoms with E-state index in [1.54, 1.807) is 20.8 Å². The summed E-state index contributed by atoms with van der Waals surface area (Å²) in [6, 6.07) is 2.24. The molecule has 2 fully saturated rings. The van der Waals surface area contributed by atoms with Crippen LogP contribution in [0.4, 0.5) is 0 Å². The minimum Gasteiger partial charge on any atom is -0.378 e. The molecule has 0 bridgehead atoms. The van der Waals surface area contributed by atoms with Gasteiger partial charge in [0.2, 0.25) is 5.91 Å². The first kappa shape index (κ1) is 20.5. The maximum Gasteiger partial charge on any atom is 0.263 e. The summed E-state index contributed by atoms with van der Waals surface area (Å²) in [7, 11) is 0. The Balaban J connectivity index is 1.41. The highest BCUT2D eigenvalue weighted by Crippen LogP contribution is 2.35. The Morgan fingerprint density at radius 3 is 2.65 bits per heavy atom. The van der Waals surface area contributed by atoms with E-state index in [2.05, 4.69) is 11.4 Å². The molecule has 7 nitrogen and oxygen atoms in total. The summed E-state index contributed by atoms with van der Waals surface area (Å²) in [5, 5.41) is 4.11. The van der Waals surface area contributed by atoms with Crippen LogP contribution >= 0.6 is 11.3 Å². The first-order valence-electron chi connectivity index (χ1n) is 11.0. The van der Waals surface area contributed by atoms with Gasteiger partial charge in [-0.3, -0.25) is 14.4 Å².